The summed E-state index contributed by atoms with van der Waals surface area (Å²) in [6.07, 6.45) is -4.57. The predicted molar refractivity (Wildman–Crippen MR) is 98.1 cm³/mol. The van der Waals surface area contributed by atoms with Crippen molar-refractivity contribution >= 4 is 23.6 Å². The minimum Gasteiger partial charge on any atom is -0.463 e. The fourth-order valence-corrected chi connectivity index (χ4v) is 2.82. The standard InChI is InChI=1S/C18H22N2O10/c1-9(21)26-8-14-16(27-10(2)22)17(28-11(3)23)15(19)18(30-14)29-13-6-4-12(5-7-13)20(24)25/h4-7,14-18H,8,19H2,1-3H3/t14-,15+,16-,17-,18+/m1/s1. The van der Waals surface area contributed by atoms with Crippen molar-refractivity contribution in [3.05, 3.63) is 34.4 Å². The molecule has 1 aliphatic heterocycles. The fraction of sp³-hybridized carbons (Fsp3) is 0.500. The second kappa shape index (κ2) is 9.98. The number of ether oxygens (including phenoxy) is 5. The first-order valence-corrected chi connectivity index (χ1v) is 8.88. The van der Waals surface area contributed by atoms with Gasteiger partial charge in [-0.25, -0.2) is 0 Å². The lowest BCUT2D eigenvalue weighted by atomic mass is 9.97. The molecular formula is C18H22N2O10. The van der Waals surface area contributed by atoms with Crippen LogP contribution in [0.4, 0.5) is 5.69 Å². The molecule has 5 atom stereocenters. The van der Waals surface area contributed by atoms with Crippen molar-refractivity contribution in [2.75, 3.05) is 6.61 Å². The zero-order valence-electron chi connectivity index (χ0n) is 16.5. The molecule has 1 aliphatic rings. The van der Waals surface area contributed by atoms with Gasteiger partial charge in [-0.3, -0.25) is 24.5 Å². The highest BCUT2D eigenvalue weighted by atomic mass is 16.7. The maximum Gasteiger partial charge on any atom is 0.303 e. The van der Waals surface area contributed by atoms with E-state index in [9.17, 15) is 24.5 Å². The van der Waals surface area contributed by atoms with E-state index < -0.39 is 53.5 Å². The van der Waals surface area contributed by atoms with Gasteiger partial charge in [0.05, 0.1) is 4.92 Å². The molecule has 12 nitrogen and oxygen atoms in total. The predicted octanol–water partition coefficient (Wildman–Crippen LogP) is 0.452. The molecule has 1 saturated heterocycles. The Morgan fingerprint density at radius 2 is 1.60 bits per heavy atom. The van der Waals surface area contributed by atoms with Crippen LogP contribution in [0.3, 0.4) is 0 Å². The lowest BCUT2D eigenvalue weighted by Crippen LogP contribution is -2.65. The maximum atomic E-state index is 11.6. The number of carbonyl (C=O) groups is 3. The number of non-ortho nitro benzene ring substituents is 1. The van der Waals surface area contributed by atoms with E-state index in [-0.39, 0.29) is 18.0 Å². The molecule has 0 unspecified atom stereocenters. The van der Waals surface area contributed by atoms with E-state index in [0.717, 1.165) is 13.8 Å². The summed E-state index contributed by atoms with van der Waals surface area (Å²) in [5.41, 5.74) is 6.01. The average Bonchev–Trinajstić information content (AvgIpc) is 2.65. The third-order valence-electron chi connectivity index (χ3n) is 4.05. The van der Waals surface area contributed by atoms with Gasteiger partial charge in [-0.2, -0.15) is 0 Å². The van der Waals surface area contributed by atoms with Crippen molar-refractivity contribution in [2.45, 2.75) is 51.4 Å². The first-order chi connectivity index (χ1) is 14.1. The molecule has 1 fully saturated rings. The summed E-state index contributed by atoms with van der Waals surface area (Å²) >= 11 is 0. The molecule has 2 rings (SSSR count). The van der Waals surface area contributed by atoms with Crippen LogP contribution in [0.1, 0.15) is 20.8 Å². The van der Waals surface area contributed by atoms with Crippen molar-refractivity contribution in [2.24, 2.45) is 5.73 Å². The minimum absolute atomic E-state index is 0.142. The Morgan fingerprint density at radius 1 is 1.03 bits per heavy atom. The molecule has 1 aromatic carbocycles. The molecule has 0 bridgehead atoms. The summed E-state index contributed by atoms with van der Waals surface area (Å²) in [6, 6.07) is 4.04. The van der Waals surface area contributed by atoms with E-state index >= 15 is 0 Å². The van der Waals surface area contributed by atoms with Crippen LogP contribution in [0, 0.1) is 10.1 Å². The highest BCUT2D eigenvalue weighted by molar-refractivity contribution is 5.68. The van der Waals surface area contributed by atoms with Gasteiger partial charge in [0.25, 0.3) is 5.69 Å². The topological polar surface area (TPSA) is 167 Å². The Labute approximate surface area is 171 Å². The second-order valence-electron chi connectivity index (χ2n) is 6.44. The first-order valence-electron chi connectivity index (χ1n) is 8.88. The maximum absolute atomic E-state index is 11.6. The summed E-state index contributed by atoms with van der Waals surface area (Å²) in [5, 5.41) is 10.8. The van der Waals surface area contributed by atoms with Crippen LogP contribution in [0.5, 0.6) is 5.75 Å². The molecule has 30 heavy (non-hydrogen) atoms. The Hall–Kier alpha value is -3.25. The summed E-state index contributed by atoms with van der Waals surface area (Å²) in [5.74, 6) is -1.78. The van der Waals surface area contributed by atoms with Crippen LogP contribution in [0.25, 0.3) is 0 Å². The van der Waals surface area contributed by atoms with E-state index in [1.54, 1.807) is 0 Å². The fourth-order valence-electron chi connectivity index (χ4n) is 2.82. The van der Waals surface area contributed by atoms with Gasteiger partial charge in [0.2, 0.25) is 6.29 Å². The van der Waals surface area contributed by atoms with Crippen LogP contribution in [0.2, 0.25) is 0 Å². The van der Waals surface area contributed by atoms with Crippen LogP contribution in [-0.4, -0.2) is 60.1 Å². The number of nitro groups is 1. The molecule has 0 saturated carbocycles. The molecule has 164 valence electrons. The SMILES string of the molecule is CC(=O)OC[C@H]1O[C@H](Oc2ccc([N+](=O)[O-])cc2)[C@@H](N)[C@@H](OC(C)=O)[C@@H]1OC(C)=O. The molecule has 0 aliphatic carbocycles. The molecular weight excluding hydrogens is 404 g/mol. The minimum atomic E-state index is -1.21. The van der Waals surface area contributed by atoms with Crippen LogP contribution in [0.15, 0.2) is 24.3 Å². The number of esters is 3. The molecule has 12 heteroatoms. The number of nitrogens with two attached hydrogens (primary N) is 1. The number of rotatable bonds is 7. The van der Waals surface area contributed by atoms with Gasteiger partial charge in [0.1, 0.15) is 24.5 Å². The molecule has 0 amide bonds. The van der Waals surface area contributed by atoms with Crippen LogP contribution >= 0.6 is 0 Å². The van der Waals surface area contributed by atoms with E-state index in [1.165, 1.54) is 31.2 Å². The molecule has 0 spiro atoms. The van der Waals surface area contributed by atoms with Crippen LogP contribution < -0.4 is 10.5 Å². The second-order valence-corrected chi connectivity index (χ2v) is 6.44. The lowest BCUT2D eigenvalue weighted by molar-refractivity contribution is -0.384. The van der Waals surface area contributed by atoms with Gasteiger partial charge < -0.3 is 29.4 Å². The largest absolute Gasteiger partial charge is 0.463 e. The molecule has 1 aromatic rings. The van der Waals surface area contributed by atoms with Crippen LogP contribution in [-0.2, 0) is 33.3 Å². The molecule has 0 aromatic heterocycles. The number of hydrogen-bond acceptors (Lipinski definition) is 11. The average molecular weight is 426 g/mol. The Balaban J connectivity index is 2.28. The van der Waals surface area contributed by atoms with Crippen molar-refractivity contribution in [3.63, 3.8) is 0 Å². The van der Waals surface area contributed by atoms with Crippen molar-refractivity contribution in [3.8, 4) is 5.75 Å². The number of nitrogens with zero attached hydrogens (tertiary/aromatic N) is 1. The van der Waals surface area contributed by atoms with Gasteiger partial charge in [0.15, 0.2) is 12.2 Å². The van der Waals surface area contributed by atoms with Gasteiger partial charge >= 0.3 is 17.9 Å². The monoisotopic (exact) mass is 426 g/mol. The summed E-state index contributed by atoms with van der Waals surface area (Å²) < 4.78 is 26.8. The molecule has 0 radical (unpaired) electrons. The highest BCUT2D eigenvalue weighted by Gasteiger charge is 2.50. The van der Waals surface area contributed by atoms with E-state index in [0.29, 0.717) is 0 Å². The normalized spacial score (nSPS) is 25.7. The number of carbonyl (C=O) groups excluding carboxylic acids is 3. The smallest absolute Gasteiger partial charge is 0.303 e. The Kier molecular flexibility index (Phi) is 7.66. The molecule has 1 heterocycles. The van der Waals surface area contributed by atoms with Gasteiger partial charge in [-0.05, 0) is 12.1 Å². The van der Waals surface area contributed by atoms with Gasteiger partial charge in [-0.1, -0.05) is 0 Å². The van der Waals surface area contributed by atoms with E-state index in [1.807, 2.05) is 0 Å². The third kappa shape index (κ3) is 6.12. The summed E-state index contributed by atoms with van der Waals surface area (Å²) in [7, 11) is 0. The third-order valence-corrected chi connectivity index (χ3v) is 4.05. The number of nitro benzene ring substituents is 1. The van der Waals surface area contributed by atoms with Crippen molar-refractivity contribution in [1.29, 1.82) is 0 Å². The van der Waals surface area contributed by atoms with Gasteiger partial charge in [0, 0.05) is 32.9 Å². The zero-order valence-corrected chi connectivity index (χ0v) is 16.5. The quantitative estimate of drug-likeness (QED) is 0.278. The van der Waals surface area contributed by atoms with E-state index in [2.05, 4.69) is 0 Å². The highest BCUT2D eigenvalue weighted by Crippen LogP contribution is 2.28. The van der Waals surface area contributed by atoms with Crippen molar-refractivity contribution < 1.29 is 43.0 Å². The van der Waals surface area contributed by atoms with Gasteiger partial charge in [-0.15, -0.1) is 0 Å². The Bertz CT molecular complexity index is 797. The zero-order chi connectivity index (χ0) is 22.4. The Morgan fingerprint density at radius 3 is 2.10 bits per heavy atom. The summed E-state index contributed by atoms with van der Waals surface area (Å²) in [6.45, 7) is 3.17. The lowest BCUT2D eigenvalue weighted by Gasteiger charge is -2.43. The molecule has 2 N–H and O–H groups in total. The number of hydrogen-bond donors (Lipinski definition) is 1. The number of benzene rings is 1. The van der Waals surface area contributed by atoms with E-state index in [4.69, 9.17) is 29.4 Å². The van der Waals surface area contributed by atoms with Crippen molar-refractivity contribution in [1.82, 2.24) is 0 Å². The first kappa shape index (κ1) is 23.0. The summed E-state index contributed by atoms with van der Waals surface area (Å²) in [4.78, 5) is 44.6.